The fraction of sp³-hybridized carbons (Fsp3) is 0.381. The molecule has 1 N–H and O–H groups in total. The van der Waals surface area contributed by atoms with E-state index >= 15 is 0 Å². The average Bonchev–Trinajstić information content (AvgIpc) is 2.54. The third-order valence-corrected chi connectivity index (χ3v) is 5.38. The first-order valence-electron chi connectivity index (χ1n) is 8.78. The van der Waals surface area contributed by atoms with E-state index in [2.05, 4.69) is 65.0 Å². The molecule has 1 heterocycles. The number of aliphatic carboxylic acids is 1. The standard InChI is InChI=1S/C21H24BrNO2/c1-14-10-15(2)12-17(11-14)20(16-6-5-7-18(22)13-16)23-9-4-3-8-19(23)21(24)25/h5-7,10-13,19-20H,3-4,8-9H2,1-2H3,(H,24,25). The molecule has 0 amide bonds. The van der Waals surface area contributed by atoms with Crippen molar-refractivity contribution in [1.29, 1.82) is 0 Å². The quantitative estimate of drug-likeness (QED) is 0.774. The molecule has 4 heteroatoms. The third kappa shape index (κ3) is 4.13. The van der Waals surface area contributed by atoms with Gasteiger partial charge < -0.3 is 5.11 Å². The summed E-state index contributed by atoms with van der Waals surface area (Å²) in [5.41, 5.74) is 4.72. The van der Waals surface area contributed by atoms with E-state index in [1.807, 2.05) is 12.1 Å². The van der Waals surface area contributed by atoms with Crippen molar-refractivity contribution >= 4 is 21.9 Å². The Morgan fingerprint density at radius 1 is 1.12 bits per heavy atom. The second-order valence-electron chi connectivity index (χ2n) is 6.97. The molecule has 2 atom stereocenters. The SMILES string of the molecule is Cc1cc(C)cc(C(c2cccc(Br)c2)N2CCCCC2C(=O)O)c1. The third-order valence-electron chi connectivity index (χ3n) is 4.89. The van der Waals surface area contributed by atoms with Crippen LogP contribution in [-0.4, -0.2) is 28.6 Å². The van der Waals surface area contributed by atoms with Gasteiger partial charge in [0.2, 0.25) is 0 Å². The molecule has 0 bridgehead atoms. The Labute approximate surface area is 157 Å². The van der Waals surface area contributed by atoms with Crippen molar-refractivity contribution in [3.05, 3.63) is 69.2 Å². The molecule has 3 rings (SSSR count). The molecule has 1 saturated heterocycles. The molecule has 1 fully saturated rings. The summed E-state index contributed by atoms with van der Waals surface area (Å²) in [5, 5.41) is 9.76. The van der Waals surface area contributed by atoms with Crippen molar-refractivity contribution in [1.82, 2.24) is 4.90 Å². The van der Waals surface area contributed by atoms with Gasteiger partial charge in [-0.1, -0.05) is 63.8 Å². The van der Waals surface area contributed by atoms with Gasteiger partial charge in [-0.15, -0.1) is 0 Å². The maximum atomic E-state index is 11.9. The number of carboxylic acid groups (broad SMARTS) is 1. The first kappa shape index (κ1) is 18.2. The second kappa shape index (κ2) is 7.71. The molecule has 3 nitrogen and oxygen atoms in total. The Kier molecular flexibility index (Phi) is 5.60. The Morgan fingerprint density at radius 3 is 2.48 bits per heavy atom. The average molecular weight is 402 g/mol. The summed E-state index contributed by atoms with van der Waals surface area (Å²) in [6.45, 7) is 5.00. The molecule has 2 aromatic carbocycles. The highest BCUT2D eigenvalue weighted by Gasteiger charge is 2.35. The number of hydrogen-bond acceptors (Lipinski definition) is 2. The number of benzene rings is 2. The lowest BCUT2D eigenvalue weighted by molar-refractivity contribution is -0.145. The first-order chi connectivity index (χ1) is 12.0. The zero-order valence-electron chi connectivity index (χ0n) is 14.7. The van der Waals surface area contributed by atoms with Crippen molar-refractivity contribution < 1.29 is 9.90 Å². The fourth-order valence-corrected chi connectivity index (χ4v) is 4.36. The number of hydrogen-bond donors (Lipinski definition) is 1. The number of carbonyl (C=O) groups is 1. The van der Waals surface area contributed by atoms with E-state index in [-0.39, 0.29) is 6.04 Å². The van der Waals surface area contributed by atoms with Crippen molar-refractivity contribution in [3.8, 4) is 0 Å². The lowest BCUT2D eigenvalue weighted by Gasteiger charge is -2.40. The van der Waals surface area contributed by atoms with E-state index < -0.39 is 12.0 Å². The highest BCUT2D eigenvalue weighted by atomic mass is 79.9. The molecule has 132 valence electrons. The molecule has 0 aliphatic carbocycles. The van der Waals surface area contributed by atoms with Gasteiger partial charge in [0, 0.05) is 4.47 Å². The van der Waals surface area contributed by atoms with Crippen LogP contribution >= 0.6 is 15.9 Å². The van der Waals surface area contributed by atoms with Gasteiger partial charge in [0.15, 0.2) is 0 Å². The van der Waals surface area contributed by atoms with Gasteiger partial charge in [0.1, 0.15) is 6.04 Å². The normalized spacial score (nSPS) is 19.6. The number of likely N-dealkylation sites (tertiary alicyclic amines) is 1. The summed E-state index contributed by atoms with van der Waals surface area (Å²) in [4.78, 5) is 14.1. The molecule has 0 aromatic heterocycles. The van der Waals surface area contributed by atoms with Crippen LogP contribution in [0.15, 0.2) is 46.9 Å². The van der Waals surface area contributed by atoms with Crippen LogP contribution in [-0.2, 0) is 4.79 Å². The maximum absolute atomic E-state index is 11.9. The highest BCUT2D eigenvalue weighted by Crippen LogP contribution is 2.35. The molecule has 2 aromatic rings. The summed E-state index contributed by atoms with van der Waals surface area (Å²) in [6.07, 6.45) is 2.73. The largest absolute Gasteiger partial charge is 0.480 e. The van der Waals surface area contributed by atoms with Crippen molar-refractivity contribution in [2.45, 2.75) is 45.2 Å². The van der Waals surface area contributed by atoms with Gasteiger partial charge in [-0.3, -0.25) is 9.69 Å². The van der Waals surface area contributed by atoms with Crippen molar-refractivity contribution in [2.75, 3.05) is 6.54 Å². The summed E-state index contributed by atoms with van der Waals surface area (Å²) in [6, 6.07) is 14.3. The van der Waals surface area contributed by atoms with Gasteiger partial charge in [0.05, 0.1) is 6.04 Å². The van der Waals surface area contributed by atoms with Gasteiger partial charge in [-0.25, -0.2) is 0 Å². The van der Waals surface area contributed by atoms with Crippen LogP contribution in [0.3, 0.4) is 0 Å². The van der Waals surface area contributed by atoms with Crippen LogP contribution in [0.5, 0.6) is 0 Å². The number of nitrogens with zero attached hydrogens (tertiary/aromatic N) is 1. The number of rotatable bonds is 4. The zero-order chi connectivity index (χ0) is 18.0. The minimum absolute atomic E-state index is 0.0440. The molecule has 0 radical (unpaired) electrons. The zero-order valence-corrected chi connectivity index (χ0v) is 16.3. The smallest absolute Gasteiger partial charge is 0.320 e. The minimum atomic E-state index is -0.718. The van der Waals surface area contributed by atoms with E-state index in [1.165, 1.54) is 16.7 Å². The molecular weight excluding hydrogens is 378 g/mol. The van der Waals surface area contributed by atoms with E-state index in [0.717, 1.165) is 29.4 Å². The Balaban J connectivity index is 2.12. The minimum Gasteiger partial charge on any atom is -0.480 e. The van der Waals surface area contributed by atoms with Crippen LogP contribution in [0.4, 0.5) is 0 Å². The maximum Gasteiger partial charge on any atom is 0.320 e. The fourth-order valence-electron chi connectivity index (χ4n) is 3.95. The van der Waals surface area contributed by atoms with Crippen LogP contribution in [0.2, 0.25) is 0 Å². The van der Waals surface area contributed by atoms with Crippen LogP contribution in [0.1, 0.15) is 47.6 Å². The Morgan fingerprint density at radius 2 is 1.84 bits per heavy atom. The molecule has 0 spiro atoms. The van der Waals surface area contributed by atoms with Gasteiger partial charge >= 0.3 is 5.97 Å². The van der Waals surface area contributed by atoms with Crippen LogP contribution < -0.4 is 0 Å². The molecule has 0 saturated carbocycles. The lowest BCUT2D eigenvalue weighted by atomic mass is 9.90. The van der Waals surface area contributed by atoms with Crippen LogP contribution in [0, 0.1) is 13.8 Å². The molecular formula is C21H24BrNO2. The summed E-state index contributed by atoms with van der Waals surface area (Å²) < 4.78 is 1.02. The van der Waals surface area contributed by atoms with Crippen LogP contribution in [0.25, 0.3) is 0 Å². The molecule has 2 unspecified atom stereocenters. The number of aryl methyl sites for hydroxylation is 2. The van der Waals surface area contributed by atoms with Gasteiger partial charge in [0.25, 0.3) is 0 Å². The Bertz CT molecular complexity index is 754. The predicted molar refractivity (Wildman–Crippen MR) is 104 cm³/mol. The predicted octanol–water partition coefficient (Wildman–Crippen LogP) is 5.09. The topological polar surface area (TPSA) is 40.5 Å². The first-order valence-corrected chi connectivity index (χ1v) is 9.57. The van der Waals surface area contributed by atoms with E-state index in [0.29, 0.717) is 6.42 Å². The molecule has 1 aliphatic heterocycles. The summed E-state index contributed by atoms with van der Waals surface area (Å²) in [5.74, 6) is -0.718. The van der Waals surface area contributed by atoms with Gasteiger partial charge in [-0.2, -0.15) is 0 Å². The molecule has 1 aliphatic rings. The number of halogens is 1. The van der Waals surface area contributed by atoms with Gasteiger partial charge in [-0.05, 0) is 56.5 Å². The summed E-state index contributed by atoms with van der Waals surface area (Å²) >= 11 is 3.57. The highest BCUT2D eigenvalue weighted by molar-refractivity contribution is 9.10. The van der Waals surface area contributed by atoms with E-state index in [1.54, 1.807) is 0 Å². The van der Waals surface area contributed by atoms with E-state index in [9.17, 15) is 9.90 Å². The monoisotopic (exact) mass is 401 g/mol. The van der Waals surface area contributed by atoms with Crippen molar-refractivity contribution in [3.63, 3.8) is 0 Å². The number of carboxylic acids is 1. The van der Waals surface area contributed by atoms with Crippen molar-refractivity contribution in [2.24, 2.45) is 0 Å². The van der Waals surface area contributed by atoms with E-state index in [4.69, 9.17) is 0 Å². The number of piperidine rings is 1. The summed E-state index contributed by atoms with van der Waals surface area (Å²) in [7, 11) is 0. The lowest BCUT2D eigenvalue weighted by Crippen LogP contribution is -2.46. The second-order valence-corrected chi connectivity index (χ2v) is 7.88. The Hall–Kier alpha value is -1.65. The molecule has 25 heavy (non-hydrogen) atoms.